The van der Waals surface area contributed by atoms with Crippen molar-refractivity contribution in [2.24, 2.45) is 10.7 Å². The first-order valence-electron chi connectivity index (χ1n) is 8.20. The van der Waals surface area contributed by atoms with Crippen LogP contribution in [0, 0.1) is 5.82 Å². The molecule has 24 heavy (non-hydrogen) atoms. The van der Waals surface area contributed by atoms with E-state index >= 15 is 0 Å². The third-order valence-electron chi connectivity index (χ3n) is 3.76. The molecule has 2 aromatic rings. The highest BCUT2D eigenvalue weighted by molar-refractivity contribution is 5.77. The van der Waals surface area contributed by atoms with Gasteiger partial charge in [0.15, 0.2) is 5.96 Å². The molecule has 0 amide bonds. The molecule has 0 radical (unpaired) electrons. The minimum Gasteiger partial charge on any atom is -0.372 e. The van der Waals surface area contributed by atoms with Crippen molar-refractivity contribution in [1.82, 2.24) is 5.32 Å². The van der Waals surface area contributed by atoms with Gasteiger partial charge in [-0.25, -0.2) is 4.39 Å². The molecule has 0 aliphatic heterocycles. The summed E-state index contributed by atoms with van der Waals surface area (Å²) in [4.78, 5) is 6.20. The van der Waals surface area contributed by atoms with Crippen molar-refractivity contribution < 1.29 is 4.39 Å². The third kappa shape index (κ3) is 5.91. The van der Waals surface area contributed by atoms with Gasteiger partial charge in [0.25, 0.3) is 0 Å². The Morgan fingerprint density at radius 2 is 1.83 bits per heavy atom. The second-order valence-electron chi connectivity index (χ2n) is 5.66. The Morgan fingerprint density at radius 1 is 1.12 bits per heavy atom. The number of hydrogen-bond acceptors (Lipinski definition) is 2. The van der Waals surface area contributed by atoms with E-state index in [0.29, 0.717) is 18.2 Å². The van der Waals surface area contributed by atoms with Crippen LogP contribution < -0.4 is 16.0 Å². The Bertz CT molecular complexity index is 643. The molecule has 0 aliphatic rings. The van der Waals surface area contributed by atoms with Gasteiger partial charge in [0.05, 0.1) is 5.69 Å². The zero-order valence-corrected chi connectivity index (χ0v) is 14.1. The highest BCUT2D eigenvalue weighted by Crippen LogP contribution is 2.16. The number of rotatable bonds is 8. The van der Waals surface area contributed by atoms with Crippen molar-refractivity contribution in [3.05, 3.63) is 66.0 Å². The van der Waals surface area contributed by atoms with Crippen LogP contribution in [0.5, 0.6) is 0 Å². The Labute approximate surface area is 143 Å². The van der Waals surface area contributed by atoms with Gasteiger partial charge in [0.1, 0.15) is 5.82 Å². The van der Waals surface area contributed by atoms with Crippen molar-refractivity contribution in [1.29, 1.82) is 0 Å². The average molecular weight is 328 g/mol. The summed E-state index contributed by atoms with van der Waals surface area (Å²) >= 11 is 0. The topological polar surface area (TPSA) is 53.6 Å². The van der Waals surface area contributed by atoms with E-state index in [1.165, 1.54) is 11.6 Å². The van der Waals surface area contributed by atoms with Gasteiger partial charge < -0.3 is 16.0 Å². The van der Waals surface area contributed by atoms with E-state index in [4.69, 9.17) is 5.73 Å². The molecule has 0 aromatic heterocycles. The number of nitrogens with one attached hydrogen (secondary N) is 1. The normalized spacial score (nSPS) is 11.3. The molecule has 0 bridgehead atoms. The maximum atomic E-state index is 13.7. The lowest BCUT2D eigenvalue weighted by molar-refractivity contribution is 0.620. The van der Waals surface area contributed by atoms with Gasteiger partial charge in [0.2, 0.25) is 0 Å². The molecular weight excluding hydrogens is 303 g/mol. The zero-order valence-electron chi connectivity index (χ0n) is 14.1. The summed E-state index contributed by atoms with van der Waals surface area (Å²) in [7, 11) is 1.88. The molecule has 0 unspecified atom stereocenters. The molecule has 2 rings (SSSR count). The average Bonchev–Trinajstić information content (AvgIpc) is 2.60. The summed E-state index contributed by atoms with van der Waals surface area (Å²) in [5, 5.41) is 3.11. The molecule has 0 fully saturated rings. The van der Waals surface area contributed by atoms with E-state index < -0.39 is 0 Å². The molecule has 5 heteroatoms. The Balaban J connectivity index is 1.65. The number of nitrogens with two attached hydrogens (primary N) is 1. The second-order valence-corrected chi connectivity index (χ2v) is 5.66. The number of para-hydroxylation sites is 1. The maximum Gasteiger partial charge on any atom is 0.188 e. The number of guanidine groups is 1. The van der Waals surface area contributed by atoms with Crippen LogP contribution in [-0.4, -0.2) is 32.6 Å². The van der Waals surface area contributed by atoms with Crippen LogP contribution in [0.4, 0.5) is 10.1 Å². The summed E-state index contributed by atoms with van der Waals surface area (Å²) in [5.41, 5.74) is 7.73. The second kappa shape index (κ2) is 9.55. The molecule has 128 valence electrons. The third-order valence-corrected chi connectivity index (χ3v) is 3.76. The molecule has 4 nitrogen and oxygen atoms in total. The highest BCUT2D eigenvalue weighted by atomic mass is 19.1. The van der Waals surface area contributed by atoms with Crippen LogP contribution in [0.3, 0.4) is 0 Å². The molecule has 0 atom stereocenters. The zero-order chi connectivity index (χ0) is 17.2. The molecule has 0 saturated heterocycles. The number of halogens is 1. The Hall–Kier alpha value is -2.56. The standard InChI is InChI=1S/C19H25FN4/c1-24(18-11-6-5-10-17(18)20)15-7-13-22-19(21)23-14-12-16-8-3-2-4-9-16/h2-6,8-11H,7,12-15H2,1H3,(H3,21,22,23). The predicted molar refractivity (Wildman–Crippen MR) is 98.9 cm³/mol. The number of benzene rings is 2. The smallest absolute Gasteiger partial charge is 0.188 e. The number of anilines is 1. The molecule has 2 aromatic carbocycles. The Morgan fingerprint density at radius 3 is 2.58 bits per heavy atom. The van der Waals surface area contributed by atoms with Crippen LogP contribution in [-0.2, 0) is 6.42 Å². The van der Waals surface area contributed by atoms with Gasteiger partial charge in [-0.3, -0.25) is 4.99 Å². The molecule has 0 spiro atoms. The minimum absolute atomic E-state index is 0.203. The monoisotopic (exact) mass is 328 g/mol. The number of aliphatic imine (C=N–C) groups is 1. The molecule has 0 aliphatic carbocycles. The lowest BCUT2D eigenvalue weighted by Gasteiger charge is -2.19. The van der Waals surface area contributed by atoms with Crippen molar-refractivity contribution in [2.45, 2.75) is 12.8 Å². The summed E-state index contributed by atoms with van der Waals surface area (Å²) < 4.78 is 13.7. The maximum absolute atomic E-state index is 13.7. The van der Waals surface area contributed by atoms with Crippen LogP contribution in [0.25, 0.3) is 0 Å². The quantitative estimate of drug-likeness (QED) is 0.445. The predicted octanol–water partition coefficient (Wildman–Crippen LogP) is 2.80. The minimum atomic E-state index is -0.203. The summed E-state index contributed by atoms with van der Waals surface area (Å²) in [6, 6.07) is 17.0. The van der Waals surface area contributed by atoms with E-state index in [9.17, 15) is 4.39 Å². The van der Waals surface area contributed by atoms with Crippen LogP contribution in [0.2, 0.25) is 0 Å². The molecule has 0 saturated carbocycles. The van der Waals surface area contributed by atoms with E-state index in [0.717, 1.165) is 25.9 Å². The summed E-state index contributed by atoms with van der Waals surface area (Å²) in [6.45, 7) is 2.10. The fraction of sp³-hybridized carbons (Fsp3) is 0.316. The highest BCUT2D eigenvalue weighted by Gasteiger charge is 2.05. The van der Waals surface area contributed by atoms with Gasteiger partial charge in [0, 0.05) is 26.7 Å². The van der Waals surface area contributed by atoms with Gasteiger partial charge in [-0.15, -0.1) is 0 Å². The SMILES string of the molecule is CN(CCCN=C(N)NCCc1ccccc1)c1ccccc1F. The molecular formula is C19H25FN4. The van der Waals surface area contributed by atoms with Crippen molar-refractivity contribution in [3.63, 3.8) is 0 Å². The fourth-order valence-corrected chi connectivity index (χ4v) is 2.42. The first-order valence-corrected chi connectivity index (χ1v) is 8.20. The summed E-state index contributed by atoms with van der Waals surface area (Å²) in [5.74, 6) is 0.255. The lowest BCUT2D eigenvalue weighted by Crippen LogP contribution is -2.33. The van der Waals surface area contributed by atoms with E-state index in [-0.39, 0.29) is 5.82 Å². The van der Waals surface area contributed by atoms with E-state index in [2.05, 4.69) is 22.4 Å². The van der Waals surface area contributed by atoms with Gasteiger partial charge >= 0.3 is 0 Å². The van der Waals surface area contributed by atoms with Gasteiger partial charge in [-0.1, -0.05) is 42.5 Å². The Kier molecular flexibility index (Phi) is 7.08. The number of hydrogen-bond donors (Lipinski definition) is 2. The van der Waals surface area contributed by atoms with E-state index in [1.54, 1.807) is 12.1 Å². The lowest BCUT2D eigenvalue weighted by atomic mass is 10.1. The van der Waals surface area contributed by atoms with Crippen molar-refractivity contribution in [2.75, 3.05) is 31.6 Å². The van der Waals surface area contributed by atoms with E-state index in [1.807, 2.05) is 36.2 Å². The molecule has 0 heterocycles. The molecule has 3 N–H and O–H groups in total. The van der Waals surface area contributed by atoms with Crippen LogP contribution >= 0.6 is 0 Å². The van der Waals surface area contributed by atoms with Gasteiger partial charge in [-0.2, -0.15) is 0 Å². The van der Waals surface area contributed by atoms with Crippen LogP contribution in [0.15, 0.2) is 59.6 Å². The van der Waals surface area contributed by atoms with Crippen molar-refractivity contribution in [3.8, 4) is 0 Å². The van der Waals surface area contributed by atoms with Gasteiger partial charge in [-0.05, 0) is 30.5 Å². The summed E-state index contributed by atoms with van der Waals surface area (Å²) in [6.07, 6.45) is 1.72. The van der Waals surface area contributed by atoms with Crippen molar-refractivity contribution >= 4 is 11.6 Å². The first kappa shape index (κ1) is 17.8. The largest absolute Gasteiger partial charge is 0.372 e. The van der Waals surface area contributed by atoms with Crippen LogP contribution in [0.1, 0.15) is 12.0 Å². The number of nitrogens with zero attached hydrogens (tertiary/aromatic N) is 2. The fourth-order valence-electron chi connectivity index (χ4n) is 2.42. The first-order chi connectivity index (χ1) is 11.7.